The molecule has 0 atom stereocenters. The van der Waals surface area contributed by atoms with Crippen LogP contribution < -0.4 is 10.6 Å². The van der Waals surface area contributed by atoms with Crippen LogP contribution >= 0.6 is 47.0 Å². The van der Waals surface area contributed by atoms with Crippen molar-refractivity contribution in [2.45, 2.75) is 22.0 Å². The van der Waals surface area contributed by atoms with Crippen molar-refractivity contribution in [3.63, 3.8) is 0 Å². The largest absolute Gasteiger partial charge is 0.391 e. The number of hydrogen-bond acceptors (Lipinski definition) is 12. The Morgan fingerprint density at radius 2 is 1.00 bits per heavy atom. The smallest absolute Gasteiger partial charge is 0.268 e. The highest BCUT2D eigenvalue weighted by Gasteiger charge is 2.25. The maximum atomic E-state index is 13.1. The second-order valence-corrected chi connectivity index (χ2v) is 15.1. The van der Waals surface area contributed by atoms with E-state index in [9.17, 15) is 38.7 Å². The summed E-state index contributed by atoms with van der Waals surface area (Å²) in [5, 5.41) is 43.4. The molecule has 0 bridgehead atoms. The van der Waals surface area contributed by atoms with Crippen molar-refractivity contribution in [3.8, 4) is 12.1 Å². The summed E-state index contributed by atoms with van der Waals surface area (Å²) < 4.78 is 27.4. The minimum absolute atomic E-state index is 0.0245. The summed E-state index contributed by atoms with van der Waals surface area (Å²) in [5.41, 5.74) is 0.475. The van der Waals surface area contributed by atoms with Crippen LogP contribution in [-0.2, 0) is 19.4 Å². The highest BCUT2D eigenvalue weighted by molar-refractivity contribution is 8.23. The molecule has 0 spiro atoms. The van der Waals surface area contributed by atoms with Crippen molar-refractivity contribution in [3.05, 3.63) is 68.2 Å². The lowest BCUT2D eigenvalue weighted by atomic mass is 10.2. The van der Waals surface area contributed by atoms with E-state index < -0.39 is 33.9 Å². The molecule has 2 heterocycles. The number of nitrogens with zero attached hydrogens (tertiary/aromatic N) is 2. The average Bonchev–Trinajstić information content (AvgIpc) is 2.96. The van der Waals surface area contributed by atoms with Gasteiger partial charge in [0.25, 0.3) is 11.8 Å². The third kappa shape index (κ3) is 7.69. The zero-order valence-electron chi connectivity index (χ0n) is 21.1. The van der Waals surface area contributed by atoms with Gasteiger partial charge in [0.1, 0.15) is 23.3 Å². The molecular formula is C26H22N4O6S5. The lowest BCUT2D eigenvalue weighted by Crippen LogP contribution is -2.20. The first-order valence-corrected chi connectivity index (χ1v) is 17.3. The van der Waals surface area contributed by atoms with Crippen LogP contribution in [0.25, 0.3) is 0 Å². The summed E-state index contributed by atoms with van der Waals surface area (Å²) in [7, 11) is -3.93. The van der Waals surface area contributed by atoms with Gasteiger partial charge in [0.05, 0.1) is 30.5 Å². The maximum Gasteiger partial charge on any atom is 0.268 e. The monoisotopic (exact) mass is 646 g/mol. The van der Waals surface area contributed by atoms with Gasteiger partial charge in [0.2, 0.25) is 9.84 Å². The zero-order valence-corrected chi connectivity index (χ0v) is 25.1. The lowest BCUT2D eigenvalue weighted by molar-refractivity contribution is -0.113. The van der Waals surface area contributed by atoms with Crippen molar-refractivity contribution in [2.75, 3.05) is 33.6 Å². The van der Waals surface area contributed by atoms with Crippen LogP contribution in [0.15, 0.2) is 77.9 Å². The van der Waals surface area contributed by atoms with E-state index in [1.807, 2.05) is 12.1 Å². The maximum absolute atomic E-state index is 13.1. The van der Waals surface area contributed by atoms with Crippen LogP contribution in [0.5, 0.6) is 0 Å². The third-order valence-electron chi connectivity index (χ3n) is 5.56. The Kier molecular flexibility index (Phi) is 10.5. The number of benzene rings is 2. The molecular weight excluding hydrogens is 625 g/mol. The van der Waals surface area contributed by atoms with E-state index in [1.165, 1.54) is 95.6 Å². The Labute approximate surface area is 253 Å². The van der Waals surface area contributed by atoms with Gasteiger partial charge in [-0.3, -0.25) is 9.59 Å². The van der Waals surface area contributed by atoms with Gasteiger partial charge < -0.3 is 20.8 Å². The first kappa shape index (κ1) is 31.1. The average molecular weight is 647 g/mol. The fourth-order valence-electron chi connectivity index (χ4n) is 3.49. The van der Waals surface area contributed by atoms with E-state index >= 15 is 0 Å². The quantitative estimate of drug-likeness (QED) is 0.265. The normalized spacial score (nSPS) is 18.9. The number of carbonyl (C=O) groups excluding carboxylic acids is 2. The Morgan fingerprint density at radius 3 is 1.29 bits per heavy atom. The van der Waals surface area contributed by atoms with Crippen LogP contribution in [0.1, 0.15) is 0 Å². The molecule has 41 heavy (non-hydrogen) atoms. The topological polar surface area (TPSA) is 180 Å². The number of thioether (sulfide) groups is 4. The number of aliphatic hydroxyl groups excluding tert-OH is 2. The first-order chi connectivity index (χ1) is 19.6. The molecule has 2 fully saturated rings. The van der Waals surface area contributed by atoms with Gasteiger partial charge in [0, 0.05) is 34.4 Å². The van der Waals surface area contributed by atoms with E-state index in [4.69, 9.17) is 0 Å². The van der Waals surface area contributed by atoms with Gasteiger partial charge in [-0.05, 0) is 48.5 Å². The third-order valence-corrected chi connectivity index (χ3v) is 12.8. The zero-order chi connectivity index (χ0) is 29.6. The molecule has 0 aromatic heterocycles. The molecule has 10 nitrogen and oxygen atoms in total. The number of amides is 2. The molecule has 0 saturated carbocycles. The van der Waals surface area contributed by atoms with Crippen molar-refractivity contribution in [2.24, 2.45) is 0 Å². The van der Waals surface area contributed by atoms with Crippen molar-refractivity contribution in [1.82, 2.24) is 0 Å². The van der Waals surface area contributed by atoms with E-state index in [-0.39, 0.29) is 20.9 Å². The van der Waals surface area contributed by atoms with E-state index in [1.54, 1.807) is 0 Å². The van der Waals surface area contributed by atoms with E-state index in [0.717, 1.165) is 0 Å². The van der Waals surface area contributed by atoms with E-state index in [0.29, 0.717) is 42.9 Å². The van der Waals surface area contributed by atoms with Gasteiger partial charge in [-0.1, -0.05) is 0 Å². The second kappa shape index (κ2) is 13.8. The van der Waals surface area contributed by atoms with Crippen LogP contribution in [-0.4, -0.2) is 65.7 Å². The molecule has 4 N–H and O–H groups in total. The van der Waals surface area contributed by atoms with Crippen LogP contribution in [0.3, 0.4) is 0 Å². The molecule has 0 unspecified atom stereocenters. The van der Waals surface area contributed by atoms with Gasteiger partial charge in [-0.2, -0.15) is 10.5 Å². The molecule has 2 aliphatic heterocycles. The predicted molar refractivity (Wildman–Crippen MR) is 163 cm³/mol. The van der Waals surface area contributed by atoms with Crippen LogP contribution in [0, 0.1) is 22.7 Å². The molecule has 0 radical (unpaired) electrons. The minimum Gasteiger partial charge on any atom is -0.391 e. The summed E-state index contributed by atoms with van der Waals surface area (Å²) in [5.74, 6) is 0.321. The number of aliphatic hydroxyl groups is 2. The molecule has 4 rings (SSSR count). The molecule has 2 aromatic rings. The summed E-state index contributed by atoms with van der Waals surface area (Å²) in [6.45, 7) is 0. The summed E-state index contributed by atoms with van der Waals surface area (Å²) in [6.07, 6.45) is -1.01. The highest BCUT2D eigenvalue weighted by Crippen LogP contribution is 2.38. The number of carbonyl (C=O) groups is 2. The van der Waals surface area contributed by atoms with Gasteiger partial charge >= 0.3 is 0 Å². The summed E-state index contributed by atoms with van der Waals surface area (Å²) in [4.78, 5) is 25.2. The number of anilines is 2. The molecule has 2 aromatic carbocycles. The SMILES string of the molecule is N#CC(C(=O)Nc1ccc(S(=O)(=O)c2ccc(NC(=O)C(C#N)=C3SCC(O)CS3)cc2)cc1)=C1SCC(O)CS1. The number of nitrogens with one attached hydrogen (secondary N) is 2. The van der Waals surface area contributed by atoms with Crippen molar-refractivity contribution < 1.29 is 28.2 Å². The predicted octanol–water partition coefficient (Wildman–Crippen LogP) is 3.55. The lowest BCUT2D eigenvalue weighted by Gasteiger charge is -2.19. The molecule has 2 aliphatic rings. The number of rotatable bonds is 6. The number of hydrogen-bond donors (Lipinski definition) is 4. The van der Waals surface area contributed by atoms with Crippen molar-refractivity contribution >= 4 is 80.1 Å². The van der Waals surface area contributed by atoms with Gasteiger partial charge in [-0.15, -0.1) is 47.0 Å². The fourth-order valence-corrected chi connectivity index (χ4v) is 9.51. The molecule has 2 amide bonds. The molecule has 15 heteroatoms. The highest BCUT2D eigenvalue weighted by atomic mass is 32.2. The molecule has 2 saturated heterocycles. The Morgan fingerprint density at radius 1 is 0.683 bits per heavy atom. The van der Waals surface area contributed by atoms with Gasteiger partial charge in [0.15, 0.2) is 0 Å². The van der Waals surface area contributed by atoms with Crippen LogP contribution in [0.2, 0.25) is 0 Å². The van der Waals surface area contributed by atoms with Gasteiger partial charge in [-0.25, -0.2) is 8.42 Å². The standard InChI is InChI=1S/C26H22N4O6S5/c27-9-21(25-37-11-17(31)12-38-25)23(33)29-15-1-5-19(6-2-15)41(35,36)20-7-3-16(4-8-20)30-24(34)22(10-28)26-39-13-18(32)14-40-26/h1-8,17-18,31-32H,11-14H2,(H,29,33)(H,30,34). The summed E-state index contributed by atoms with van der Waals surface area (Å²) >= 11 is 4.96. The number of nitriles is 2. The first-order valence-electron chi connectivity index (χ1n) is 11.9. The Hall–Kier alpha value is -2.89. The Balaban J connectivity index is 1.42. The Bertz CT molecular complexity index is 1460. The second-order valence-electron chi connectivity index (χ2n) is 8.56. The minimum atomic E-state index is -3.93. The van der Waals surface area contributed by atoms with Crippen molar-refractivity contribution in [1.29, 1.82) is 10.5 Å². The number of sulfone groups is 1. The summed E-state index contributed by atoms with van der Waals surface area (Å²) in [6, 6.07) is 14.8. The van der Waals surface area contributed by atoms with Crippen LogP contribution in [0.4, 0.5) is 11.4 Å². The van der Waals surface area contributed by atoms with E-state index in [2.05, 4.69) is 10.6 Å². The fraction of sp³-hybridized carbons (Fsp3) is 0.231. The molecule has 212 valence electrons. The molecule has 0 aliphatic carbocycles.